The number of nitrogens with one attached hydrogen (secondary N) is 2. The molecule has 1 aliphatic rings. The van der Waals surface area contributed by atoms with Gasteiger partial charge in [0.05, 0.1) is 0 Å². The van der Waals surface area contributed by atoms with Crippen LogP contribution in [-0.4, -0.2) is 44.6 Å². The van der Waals surface area contributed by atoms with Gasteiger partial charge in [-0.25, -0.2) is 9.50 Å². The lowest BCUT2D eigenvalue weighted by atomic mass is 10.1. The van der Waals surface area contributed by atoms with Crippen molar-refractivity contribution in [3.8, 4) is 0 Å². The van der Waals surface area contributed by atoms with Crippen molar-refractivity contribution in [2.45, 2.75) is 32.7 Å². The zero-order valence-corrected chi connectivity index (χ0v) is 11.7. The topological polar surface area (TPSA) is 84.2 Å². The number of fused-ring (bicyclic) bond motifs is 1. The molecule has 2 aromatic heterocycles. The second-order valence-electron chi connectivity index (χ2n) is 5.20. The van der Waals surface area contributed by atoms with E-state index in [2.05, 4.69) is 25.7 Å². The van der Waals surface area contributed by atoms with Crippen molar-refractivity contribution < 1.29 is 4.79 Å². The number of carbonyl (C=O) groups excluding carboxylic acids is 1. The van der Waals surface area contributed by atoms with Gasteiger partial charge >= 0.3 is 0 Å². The molecule has 20 heavy (non-hydrogen) atoms. The number of nitrogens with zero attached hydrogens (tertiary/aromatic N) is 4. The molecule has 7 heteroatoms. The van der Waals surface area contributed by atoms with Crippen LogP contribution in [0.15, 0.2) is 6.07 Å². The van der Waals surface area contributed by atoms with Crippen molar-refractivity contribution in [1.82, 2.24) is 30.2 Å². The third-order valence-electron chi connectivity index (χ3n) is 3.45. The quantitative estimate of drug-likeness (QED) is 0.818. The fourth-order valence-electron chi connectivity index (χ4n) is 2.49. The first-order chi connectivity index (χ1) is 9.63. The molecule has 1 fully saturated rings. The number of amides is 1. The molecule has 1 atom stereocenters. The van der Waals surface area contributed by atoms with E-state index in [1.54, 1.807) is 4.52 Å². The van der Waals surface area contributed by atoms with Crippen LogP contribution >= 0.6 is 0 Å². The SMILES string of the molecule is Cc1cc(C)n2nc(C(=O)NC3CCCNC3)nc2n1. The minimum absolute atomic E-state index is 0.152. The van der Waals surface area contributed by atoms with Gasteiger partial charge in [0.15, 0.2) is 0 Å². The summed E-state index contributed by atoms with van der Waals surface area (Å²) in [6, 6.07) is 2.06. The molecule has 0 radical (unpaired) electrons. The maximum atomic E-state index is 12.2. The number of hydrogen-bond acceptors (Lipinski definition) is 5. The van der Waals surface area contributed by atoms with E-state index in [4.69, 9.17) is 0 Å². The van der Waals surface area contributed by atoms with Crippen LogP contribution in [0.3, 0.4) is 0 Å². The van der Waals surface area contributed by atoms with E-state index in [0.29, 0.717) is 5.78 Å². The molecule has 1 saturated heterocycles. The Morgan fingerprint density at radius 1 is 1.45 bits per heavy atom. The molecule has 1 amide bonds. The third kappa shape index (κ3) is 2.49. The van der Waals surface area contributed by atoms with Gasteiger partial charge in [0.1, 0.15) is 0 Å². The Balaban J connectivity index is 1.82. The van der Waals surface area contributed by atoms with Crippen LogP contribution in [0.5, 0.6) is 0 Å². The molecule has 0 aliphatic carbocycles. The van der Waals surface area contributed by atoms with Crippen molar-refractivity contribution in [1.29, 1.82) is 0 Å². The van der Waals surface area contributed by atoms with E-state index in [1.165, 1.54) is 0 Å². The lowest BCUT2D eigenvalue weighted by molar-refractivity contribution is 0.0920. The van der Waals surface area contributed by atoms with Gasteiger partial charge in [-0.3, -0.25) is 4.79 Å². The van der Waals surface area contributed by atoms with Gasteiger partial charge in [-0.1, -0.05) is 0 Å². The normalized spacial score (nSPS) is 19.2. The average molecular weight is 274 g/mol. The van der Waals surface area contributed by atoms with Gasteiger partial charge in [0, 0.05) is 24.0 Å². The number of piperidine rings is 1. The Labute approximate surface area is 116 Å². The summed E-state index contributed by atoms with van der Waals surface area (Å²) in [5.41, 5.74) is 1.78. The zero-order valence-electron chi connectivity index (χ0n) is 11.7. The van der Waals surface area contributed by atoms with Crippen LogP contribution in [0.2, 0.25) is 0 Å². The fraction of sp³-hybridized carbons (Fsp3) is 0.538. The van der Waals surface area contributed by atoms with E-state index < -0.39 is 0 Å². The van der Waals surface area contributed by atoms with E-state index in [1.807, 2.05) is 19.9 Å². The number of hydrogen-bond donors (Lipinski definition) is 2. The standard InChI is InChI=1S/C13H18N6O/c1-8-6-9(2)19-13(15-8)17-11(18-19)12(20)16-10-4-3-5-14-7-10/h6,10,14H,3-5,7H2,1-2H3,(H,16,20). The molecule has 7 nitrogen and oxygen atoms in total. The first kappa shape index (κ1) is 13.0. The first-order valence-corrected chi connectivity index (χ1v) is 6.86. The van der Waals surface area contributed by atoms with E-state index in [9.17, 15) is 4.79 Å². The minimum Gasteiger partial charge on any atom is -0.345 e. The molecule has 0 spiro atoms. The van der Waals surface area contributed by atoms with Gasteiger partial charge in [0.2, 0.25) is 5.82 Å². The van der Waals surface area contributed by atoms with Crippen molar-refractivity contribution in [2.24, 2.45) is 0 Å². The lowest BCUT2D eigenvalue weighted by Gasteiger charge is -2.23. The molecule has 1 aliphatic heterocycles. The molecule has 0 bridgehead atoms. The number of aromatic nitrogens is 4. The van der Waals surface area contributed by atoms with Crippen molar-refractivity contribution >= 4 is 11.7 Å². The monoisotopic (exact) mass is 274 g/mol. The van der Waals surface area contributed by atoms with Gasteiger partial charge in [-0.2, -0.15) is 4.98 Å². The van der Waals surface area contributed by atoms with Gasteiger partial charge < -0.3 is 10.6 Å². The molecule has 2 N–H and O–H groups in total. The molecule has 0 aromatic carbocycles. The van der Waals surface area contributed by atoms with Crippen molar-refractivity contribution in [2.75, 3.05) is 13.1 Å². The van der Waals surface area contributed by atoms with E-state index in [-0.39, 0.29) is 17.8 Å². The second-order valence-corrected chi connectivity index (χ2v) is 5.20. The Hall–Kier alpha value is -2.02. The fourth-order valence-corrected chi connectivity index (χ4v) is 2.49. The van der Waals surface area contributed by atoms with Crippen LogP contribution in [-0.2, 0) is 0 Å². The van der Waals surface area contributed by atoms with E-state index >= 15 is 0 Å². The van der Waals surface area contributed by atoms with Crippen LogP contribution in [0, 0.1) is 13.8 Å². The summed E-state index contributed by atoms with van der Waals surface area (Å²) < 4.78 is 1.60. The second kappa shape index (κ2) is 5.16. The summed E-state index contributed by atoms with van der Waals surface area (Å²) in [6.45, 7) is 5.63. The Morgan fingerprint density at radius 3 is 3.05 bits per heavy atom. The minimum atomic E-state index is -0.235. The Bertz CT molecular complexity index is 644. The van der Waals surface area contributed by atoms with Gasteiger partial charge in [0.25, 0.3) is 11.7 Å². The molecular formula is C13H18N6O. The van der Waals surface area contributed by atoms with Crippen LogP contribution in [0.25, 0.3) is 5.78 Å². The summed E-state index contributed by atoms with van der Waals surface area (Å²) >= 11 is 0. The van der Waals surface area contributed by atoms with E-state index in [0.717, 1.165) is 37.3 Å². The van der Waals surface area contributed by atoms with Gasteiger partial charge in [-0.15, -0.1) is 5.10 Å². The van der Waals surface area contributed by atoms with Crippen LogP contribution in [0.1, 0.15) is 34.8 Å². The Kier molecular flexibility index (Phi) is 3.35. The van der Waals surface area contributed by atoms with Gasteiger partial charge in [-0.05, 0) is 39.3 Å². The molecule has 106 valence electrons. The average Bonchev–Trinajstić information content (AvgIpc) is 2.84. The predicted octanol–water partition coefficient (Wildman–Crippen LogP) is 0.223. The number of carbonyl (C=O) groups is 1. The number of rotatable bonds is 2. The highest BCUT2D eigenvalue weighted by molar-refractivity contribution is 5.91. The van der Waals surface area contributed by atoms with Crippen molar-refractivity contribution in [3.05, 3.63) is 23.3 Å². The van der Waals surface area contributed by atoms with Crippen LogP contribution in [0.4, 0.5) is 0 Å². The predicted molar refractivity (Wildman–Crippen MR) is 73.6 cm³/mol. The third-order valence-corrected chi connectivity index (χ3v) is 3.45. The summed E-state index contributed by atoms with van der Waals surface area (Å²) in [5.74, 6) is 0.410. The highest BCUT2D eigenvalue weighted by atomic mass is 16.2. The molecular weight excluding hydrogens is 256 g/mol. The lowest BCUT2D eigenvalue weighted by Crippen LogP contribution is -2.45. The highest BCUT2D eigenvalue weighted by Gasteiger charge is 2.20. The molecule has 2 aromatic rings. The van der Waals surface area contributed by atoms with Crippen LogP contribution < -0.4 is 10.6 Å². The summed E-state index contributed by atoms with van der Waals surface area (Å²) in [5, 5.41) is 10.5. The summed E-state index contributed by atoms with van der Waals surface area (Å²) in [7, 11) is 0. The highest BCUT2D eigenvalue weighted by Crippen LogP contribution is 2.06. The summed E-state index contributed by atoms with van der Waals surface area (Å²) in [4.78, 5) is 20.7. The molecule has 3 rings (SSSR count). The maximum absolute atomic E-state index is 12.2. The first-order valence-electron chi connectivity index (χ1n) is 6.86. The maximum Gasteiger partial charge on any atom is 0.291 e. The molecule has 0 saturated carbocycles. The molecule has 3 heterocycles. The number of aryl methyl sites for hydroxylation is 2. The smallest absolute Gasteiger partial charge is 0.291 e. The Morgan fingerprint density at radius 2 is 2.30 bits per heavy atom. The summed E-state index contributed by atoms with van der Waals surface area (Å²) in [6.07, 6.45) is 2.06. The largest absolute Gasteiger partial charge is 0.345 e. The van der Waals surface area contributed by atoms with Crippen molar-refractivity contribution in [3.63, 3.8) is 0 Å². The zero-order chi connectivity index (χ0) is 14.1. The molecule has 1 unspecified atom stereocenters.